The van der Waals surface area contributed by atoms with E-state index in [4.69, 9.17) is 10.5 Å². The fraction of sp³-hybridized carbons (Fsp3) is 1.00. The van der Waals surface area contributed by atoms with E-state index < -0.39 is 0 Å². The van der Waals surface area contributed by atoms with Gasteiger partial charge in [-0.3, -0.25) is 0 Å². The molecule has 13 heavy (non-hydrogen) atoms. The first-order chi connectivity index (χ1) is 6.15. The summed E-state index contributed by atoms with van der Waals surface area (Å²) in [4.78, 5) is 0. The zero-order valence-electron chi connectivity index (χ0n) is 9.12. The number of hydrogen-bond donors (Lipinski definition) is 1. The van der Waals surface area contributed by atoms with Crippen LogP contribution in [-0.2, 0) is 4.74 Å². The standard InChI is InChI=1S/C11H23NO/c1-4-10(12)9-5-6-13-11(7-9)8(2)3/h8-11H,4-7,12H2,1-3H3. The number of ether oxygens (including phenoxy) is 1. The van der Waals surface area contributed by atoms with Gasteiger partial charge in [-0.05, 0) is 31.1 Å². The molecule has 0 saturated carbocycles. The van der Waals surface area contributed by atoms with E-state index in [1.165, 1.54) is 0 Å². The predicted octanol–water partition coefficient (Wildman–Crippen LogP) is 2.17. The van der Waals surface area contributed by atoms with Crippen molar-refractivity contribution in [3.8, 4) is 0 Å². The molecular formula is C11H23NO. The number of nitrogens with two attached hydrogens (primary N) is 1. The molecule has 0 radical (unpaired) electrons. The van der Waals surface area contributed by atoms with Gasteiger partial charge in [0.25, 0.3) is 0 Å². The molecule has 2 N–H and O–H groups in total. The second-order valence-corrected chi connectivity index (χ2v) is 4.51. The third kappa shape index (κ3) is 2.96. The van der Waals surface area contributed by atoms with E-state index in [9.17, 15) is 0 Å². The molecular weight excluding hydrogens is 162 g/mol. The highest BCUT2D eigenvalue weighted by atomic mass is 16.5. The van der Waals surface area contributed by atoms with E-state index in [0.29, 0.717) is 24.0 Å². The van der Waals surface area contributed by atoms with Crippen molar-refractivity contribution >= 4 is 0 Å². The lowest BCUT2D eigenvalue weighted by Crippen LogP contribution is -2.38. The molecule has 1 saturated heterocycles. The van der Waals surface area contributed by atoms with Gasteiger partial charge in [-0.2, -0.15) is 0 Å². The van der Waals surface area contributed by atoms with Crippen molar-refractivity contribution in [2.75, 3.05) is 6.61 Å². The van der Waals surface area contributed by atoms with Gasteiger partial charge in [0.1, 0.15) is 0 Å². The topological polar surface area (TPSA) is 35.2 Å². The quantitative estimate of drug-likeness (QED) is 0.731. The summed E-state index contributed by atoms with van der Waals surface area (Å²) in [6.45, 7) is 7.53. The van der Waals surface area contributed by atoms with E-state index >= 15 is 0 Å². The highest BCUT2D eigenvalue weighted by Gasteiger charge is 2.27. The van der Waals surface area contributed by atoms with Crippen molar-refractivity contribution in [3.05, 3.63) is 0 Å². The molecule has 1 rings (SSSR count). The Labute approximate surface area is 81.8 Å². The average molecular weight is 185 g/mol. The molecule has 0 aromatic rings. The lowest BCUT2D eigenvalue weighted by Gasteiger charge is -2.34. The number of rotatable bonds is 3. The van der Waals surface area contributed by atoms with Gasteiger partial charge in [0.05, 0.1) is 6.10 Å². The molecule has 1 heterocycles. The van der Waals surface area contributed by atoms with Crippen molar-refractivity contribution in [3.63, 3.8) is 0 Å². The molecule has 0 aromatic heterocycles. The van der Waals surface area contributed by atoms with Crippen LogP contribution in [0.4, 0.5) is 0 Å². The smallest absolute Gasteiger partial charge is 0.0601 e. The predicted molar refractivity (Wildman–Crippen MR) is 55.6 cm³/mol. The Balaban J connectivity index is 2.41. The maximum atomic E-state index is 6.05. The van der Waals surface area contributed by atoms with Crippen LogP contribution >= 0.6 is 0 Å². The van der Waals surface area contributed by atoms with Crippen molar-refractivity contribution in [2.24, 2.45) is 17.6 Å². The largest absolute Gasteiger partial charge is 0.378 e. The molecule has 2 nitrogen and oxygen atoms in total. The van der Waals surface area contributed by atoms with Gasteiger partial charge in [-0.1, -0.05) is 20.8 Å². The maximum absolute atomic E-state index is 6.05. The summed E-state index contributed by atoms with van der Waals surface area (Å²) in [5.41, 5.74) is 6.05. The molecule has 2 heteroatoms. The van der Waals surface area contributed by atoms with Crippen LogP contribution < -0.4 is 5.73 Å². The SMILES string of the molecule is CCC(N)C1CCOC(C(C)C)C1. The Morgan fingerprint density at radius 1 is 1.46 bits per heavy atom. The summed E-state index contributed by atoms with van der Waals surface area (Å²) >= 11 is 0. The molecule has 0 aromatic carbocycles. The Hall–Kier alpha value is -0.0800. The summed E-state index contributed by atoms with van der Waals surface area (Å²) in [6.07, 6.45) is 3.84. The van der Waals surface area contributed by atoms with Crippen LogP contribution in [0.5, 0.6) is 0 Å². The van der Waals surface area contributed by atoms with Crippen molar-refractivity contribution < 1.29 is 4.74 Å². The lowest BCUT2D eigenvalue weighted by atomic mass is 9.85. The Kier molecular flexibility index (Phi) is 4.20. The molecule has 78 valence electrons. The van der Waals surface area contributed by atoms with E-state index in [1.54, 1.807) is 0 Å². The normalized spacial score (nSPS) is 32.1. The Morgan fingerprint density at radius 3 is 2.69 bits per heavy atom. The second-order valence-electron chi connectivity index (χ2n) is 4.51. The Bertz CT molecular complexity index is 147. The van der Waals surface area contributed by atoms with Crippen LogP contribution in [0.2, 0.25) is 0 Å². The summed E-state index contributed by atoms with van der Waals surface area (Å²) in [6, 6.07) is 0.380. The van der Waals surface area contributed by atoms with Gasteiger partial charge in [0.2, 0.25) is 0 Å². The van der Waals surface area contributed by atoms with E-state index in [2.05, 4.69) is 20.8 Å². The zero-order chi connectivity index (χ0) is 9.84. The minimum absolute atomic E-state index is 0.380. The van der Waals surface area contributed by atoms with E-state index in [0.717, 1.165) is 25.9 Å². The lowest BCUT2D eigenvalue weighted by molar-refractivity contribution is -0.0387. The minimum atomic E-state index is 0.380. The van der Waals surface area contributed by atoms with Crippen molar-refractivity contribution in [1.82, 2.24) is 0 Å². The molecule has 1 aliphatic rings. The molecule has 0 amide bonds. The highest BCUT2D eigenvalue weighted by molar-refractivity contribution is 4.80. The summed E-state index contributed by atoms with van der Waals surface area (Å²) < 4.78 is 5.71. The van der Waals surface area contributed by atoms with Gasteiger partial charge in [0, 0.05) is 12.6 Å². The summed E-state index contributed by atoms with van der Waals surface area (Å²) in [5.74, 6) is 1.32. The first kappa shape index (κ1) is 11.0. The van der Waals surface area contributed by atoms with E-state index in [1.807, 2.05) is 0 Å². The molecule has 3 atom stereocenters. The average Bonchev–Trinajstić information content (AvgIpc) is 2.17. The van der Waals surface area contributed by atoms with Crippen LogP contribution in [-0.4, -0.2) is 18.8 Å². The second kappa shape index (κ2) is 4.97. The maximum Gasteiger partial charge on any atom is 0.0601 e. The third-order valence-electron chi connectivity index (χ3n) is 3.18. The fourth-order valence-corrected chi connectivity index (χ4v) is 2.04. The van der Waals surface area contributed by atoms with Gasteiger partial charge in [-0.15, -0.1) is 0 Å². The first-order valence-corrected chi connectivity index (χ1v) is 5.52. The summed E-state index contributed by atoms with van der Waals surface area (Å²) in [5, 5.41) is 0. The van der Waals surface area contributed by atoms with Crippen LogP contribution in [0, 0.1) is 11.8 Å². The highest BCUT2D eigenvalue weighted by Crippen LogP contribution is 2.27. The monoisotopic (exact) mass is 185 g/mol. The molecule has 1 fully saturated rings. The van der Waals surface area contributed by atoms with Crippen LogP contribution in [0.15, 0.2) is 0 Å². The number of hydrogen-bond acceptors (Lipinski definition) is 2. The molecule has 0 aliphatic carbocycles. The first-order valence-electron chi connectivity index (χ1n) is 5.52. The van der Waals surface area contributed by atoms with Crippen LogP contribution in [0.1, 0.15) is 40.0 Å². The van der Waals surface area contributed by atoms with Gasteiger partial charge >= 0.3 is 0 Å². The molecule has 1 aliphatic heterocycles. The van der Waals surface area contributed by atoms with Gasteiger partial charge in [-0.25, -0.2) is 0 Å². The third-order valence-corrected chi connectivity index (χ3v) is 3.18. The fourth-order valence-electron chi connectivity index (χ4n) is 2.04. The van der Waals surface area contributed by atoms with Crippen molar-refractivity contribution in [1.29, 1.82) is 0 Å². The van der Waals surface area contributed by atoms with Gasteiger partial charge in [0.15, 0.2) is 0 Å². The molecule has 0 bridgehead atoms. The van der Waals surface area contributed by atoms with Gasteiger partial charge < -0.3 is 10.5 Å². The molecule has 0 spiro atoms. The van der Waals surface area contributed by atoms with Crippen molar-refractivity contribution in [2.45, 2.75) is 52.2 Å². The van der Waals surface area contributed by atoms with Crippen LogP contribution in [0.25, 0.3) is 0 Å². The Morgan fingerprint density at radius 2 is 2.15 bits per heavy atom. The molecule has 3 unspecified atom stereocenters. The van der Waals surface area contributed by atoms with E-state index in [-0.39, 0.29) is 0 Å². The summed E-state index contributed by atoms with van der Waals surface area (Å²) in [7, 11) is 0. The zero-order valence-corrected chi connectivity index (χ0v) is 9.12. The minimum Gasteiger partial charge on any atom is -0.378 e. The van der Waals surface area contributed by atoms with Crippen LogP contribution in [0.3, 0.4) is 0 Å².